The highest BCUT2D eigenvalue weighted by Crippen LogP contribution is 2.32. The zero-order valence-corrected chi connectivity index (χ0v) is 15.4. The third-order valence-corrected chi connectivity index (χ3v) is 5.03. The summed E-state index contributed by atoms with van der Waals surface area (Å²) >= 11 is 1.39. The standard InChI is InChI=1S/C18H20N2O4S/c1-10(2)14-19-15-13(11(8-25-15)12-6-5-7-24-12)16(21)20(14)9-18(3,4)17(22)23/h5-8,10H,9H2,1-4H3,(H,22,23). The van der Waals surface area contributed by atoms with Crippen LogP contribution in [0.15, 0.2) is 33.0 Å². The maximum absolute atomic E-state index is 13.2. The van der Waals surface area contributed by atoms with Gasteiger partial charge in [0.1, 0.15) is 16.4 Å². The van der Waals surface area contributed by atoms with Crippen LogP contribution in [0, 0.1) is 5.41 Å². The molecule has 0 spiro atoms. The number of nitrogens with zero attached hydrogens (tertiary/aromatic N) is 2. The van der Waals surface area contributed by atoms with E-state index in [4.69, 9.17) is 4.42 Å². The lowest BCUT2D eigenvalue weighted by Gasteiger charge is -2.23. The summed E-state index contributed by atoms with van der Waals surface area (Å²) in [6, 6.07) is 3.56. The molecule has 3 rings (SSSR count). The maximum atomic E-state index is 13.2. The van der Waals surface area contributed by atoms with Gasteiger partial charge in [0, 0.05) is 23.4 Å². The van der Waals surface area contributed by atoms with Crippen LogP contribution in [0.4, 0.5) is 0 Å². The van der Waals surface area contributed by atoms with E-state index in [9.17, 15) is 14.7 Å². The molecule has 0 aliphatic rings. The van der Waals surface area contributed by atoms with Crippen molar-refractivity contribution in [2.75, 3.05) is 0 Å². The molecule has 3 aromatic rings. The van der Waals surface area contributed by atoms with E-state index in [2.05, 4.69) is 4.98 Å². The van der Waals surface area contributed by atoms with Crippen molar-refractivity contribution in [3.8, 4) is 11.3 Å². The molecule has 7 heteroatoms. The molecule has 0 unspecified atom stereocenters. The van der Waals surface area contributed by atoms with Gasteiger partial charge in [-0.1, -0.05) is 13.8 Å². The number of thiophene rings is 1. The number of carboxylic acids is 1. The number of rotatable bonds is 5. The van der Waals surface area contributed by atoms with Crippen LogP contribution >= 0.6 is 11.3 Å². The Bertz CT molecular complexity index is 981. The normalized spacial score (nSPS) is 12.2. The number of aromatic nitrogens is 2. The molecule has 3 heterocycles. The third kappa shape index (κ3) is 3.00. The average molecular weight is 360 g/mol. The van der Waals surface area contributed by atoms with E-state index in [1.165, 1.54) is 15.9 Å². The van der Waals surface area contributed by atoms with Gasteiger partial charge in [-0.15, -0.1) is 11.3 Å². The van der Waals surface area contributed by atoms with Gasteiger partial charge in [0.2, 0.25) is 0 Å². The smallest absolute Gasteiger partial charge is 0.310 e. The van der Waals surface area contributed by atoms with Crippen molar-refractivity contribution in [3.05, 3.63) is 40.0 Å². The Balaban J connectivity index is 2.28. The van der Waals surface area contributed by atoms with E-state index in [0.29, 0.717) is 27.4 Å². The first-order chi connectivity index (χ1) is 11.7. The average Bonchev–Trinajstić information content (AvgIpc) is 3.17. The van der Waals surface area contributed by atoms with Crippen LogP contribution in [-0.2, 0) is 11.3 Å². The van der Waals surface area contributed by atoms with Gasteiger partial charge in [0.05, 0.1) is 17.1 Å². The zero-order chi connectivity index (χ0) is 18.4. The first-order valence-corrected chi connectivity index (χ1v) is 8.89. The van der Waals surface area contributed by atoms with E-state index in [-0.39, 0.29) is 18.0 Å². The molecule has 0 aromatic carbocycles. The van der Waals surface area contributed by atoms with Gasteiger partial charge in [0.15, 0.2) is 0 Å². The topological polar surface area (TPSA) is 85.3 Å². The van der Waals surface area contributed by atoms with Crippen molar-refractivity contribution < 1.29 is 14.3 Å². The van der Waals surface area contributed by atoms with Crippen LogP contribution in [0.25, 0.3) is 21.5 Å². The van der Waals surface area contributed by atoms with Crippen LogP contribution in [0.5, 0.6) is 0 Å². The van der Waals surface area contributed by atoms with E-state index in [0.717, 1.165) is 0 Å². The number of carboxylic acid groups (broad SMARTS) is 1. The highest BCUT2D eigenvalue weighted by Gasteiger charge is 2.30. The highest BCUT2D eigenvalue weighted by molar-refractivity contribution is 7.17. The van der Waals surface area contributed by atoms with Crippen LogP contribution in [0.1, 0.15) is 39.4 Å². The van der Waals surface area contributed by atoms with Gasteiger partial charge in [-0.2, -0.15) is 0 Å². The third-order valence-electron chi connectivity index (χ3n) is 4.16. The van der Waals surface area contributed by atoms with Gasteiger partial charge in [-0.25, -0.2) is 4.98 Å². The summed E-state index contributed by atoms with van der Waals surface area (Å²) in [5.74, 6) is 0.243. The predicted molar refractivity (Wildman–Crippen MR) is 97.1 cm³/mol. The number of hydrogen-bond donors (Lipinski definition) is 1. The summed E-state index contributed by atoms with van der Waals surface area (Å²) in [6.45, 7) is 7.16. The van der Waals surface area contributed by atoms with E-state index in [1.807, 2.05) is 19.2 Å². The van der Waals surface area contributed by atoms with Crippen molar-refractivity contribution in [3.63, 3.8) is 0 Å². The zero-order valence-electron chi connectivity index (χ0n) is 14.6. The summed E-state index contributed by atoms with van der Waals surface area (Å²) in [7, 11) is 0. The molecule has 0 fully saturated rings. The molecule has 0 aliphatic heterocycles. The molecule has 3 aromatic heterocycles. The summed E-state index contributed by atoms with van der Waals surface area (Å²) in [4.78, 5) is 30.1. The molecule has 0 bridgehead atoms. The molecule has 0 radical (unpaired) electrons. The fourth-order valence-corrected chi connectivity index (χ4v) is 3.63. The summed E-state index contributed by atoms with van der Waals surface area (Å²) < 4.78 is 6.93. The second-order valence-corrected chi connectivity index (χ2v) is 7.87. The summed E-state index contributed by atoms with van der Waals surface area (Å²) in [6.07, 6.45) is 1.56. The van der Waals surface area contributed by atoms with Crippen molar-refractivity contribution in [2.45, 2.75) is 40.2 Å². The molecule has 132 valence electrons. The Kier molecular flexibility index (Phi) is 4.28. The van der Waals surface area contributed by atoms with Gasteiger partial charge in [0.25, 0.3) is 5.56 Å². The number of hydrogen-bond acceptors (Lipinski definition) is 5. The Morgan fingerprint density at radius 2 is 2.16 bits per heavy atom. The first-order valence-electron chi connectivity index (χ1n) is 8.01. The number of aliphatic carboxylic acids is 1. The largest absolute Gasteiger partial charge is 0.481 e. The lowest BCUT2D eigenvalue weighted by atomic mass is 9.93. The lowest BCUT2D eigenvalue weighted by molar-refractivity contribution is -0.147. The van der Waals surface area contributed by atoms with Crippen LogP contribution in [0.2, 0.25) is 0 Å². The monoisotopic (exact) mass is 360 g/mol. The van der Waals surface area contributed by atoms with Crippen LogP contribution in [0.3, 0.4) is 0 Å². The van der Waals surface area contributed by atoms with Crippen molar-refractivity contribution in [2.24, 2.45) is 5.41 Å². The molecule has 0 saturated carbocycles. The van der Waals surface area contributed by atoms with Gasteiger partial charge in [-0.05, 0) is 26.0 Å². The van der Waals surface area contributed by atoms with Crippen molar-refractivity contribution >= 4 is 27.5 Å². The summed E-state index contributed by atoms with van der Waals surface area (Å²) in [5, 5.41) is 11.8. The molecule has 6 nitrogen and oxygen atoms in total. The minimum Gasteiger partial charge on any atom is -0.481 e. The van der Waals surface area contributed by atoms with E-state index in [1.54, 1.807) is 32.2 Å². The molecular formula is C18H20N2O4S. The van der Waals surface area contributed by atoms with Crippen LogP contribution in [-0.4, -0.2) is 20.6 Å². The van der Waals surface area contributed by atoms with Crippen LogP contribution < -0.4 is 5.56 Å². The molecule has 0 saturated heterocycles. The van der Waals surface area contributed by atoms with Crippen molar-refractivity contribution in [1.29, 1.82) is 0 Å². The fraction of sp³-hybridized carbons (Fsp3) is 0.389. The number of carbonyl (C=O) groups is 1. The fourth-order valence-electron chi connectivity index (χ4n) is 2.71. The minimum atomic E-state index is -1.08. The Hall–Kier alpha value is -2.41. The first kappa shape index (κ1) is 17.4. The predicted octanol–water partition coefficient (Wildman–Crippen LogP) is 3.95. The highest BCUT2D eigenvalue weighted by atomic mass is 32.1. The molecule has 1 N–H and O–H groups in total. The second-order valence-electron chi connectivity index (χ2n) is 7.01. The maximum Gasteiger partial charge on any atom is 0.310 e. The lowest BCUT2D eigenvalue weighted by Crippen LogP contribution is -2.36. The molecular weight excluding hydrogens is 340 g/mol. The molecule has 25 heavy (non-hydrogen) atoms. The minimum absolute atomic E-state index is 0.00384. The van der Waals surface area contributed by atoms with Crippen molar-refractivity contribution in [1.82, 2.24) is 9.55 Å². The molecule has 0 atom stereocenters. The van der Waals surface area contributed by atoms with Gasteiger partial charge < -0.3 is 9.52 Å². The van der Waals surface area contributed by atoms with Gasteiger partial charge in [-0.3, -0.25) is 14.2 Å². The second kappa shape index (κ2) is 6.15. The SMILES string of the molecule is CC(C)c1nc2scc(-c3ccco3)c2c(=O)n1CC(C)(C)C(=O)O. The van der Waals surface area contributed by atoms with E-state index >= 15 is 0 Å². The van der Waals surface area contributed by atoms with Gasteiger partial charge >= 0.3 is 5.97 Å². The number of fused-ring (bicyclic) bond motifs is 1. The molecule has 0 aliphatic carbocycles. The quantitative estimate of drug-likeness (QED) is 0.744. The van der Waals surface area contributed by atoms with E-state index < -0.39 is 11.4 Å². The summed E-state index contributed by atoms with van der Waals surface area (Å²) in [5.41, 5.74) is -0.612. The Morgan fingerprint density at radius 1 is 1.44 bits per heavy atom. The Labute approximate surface area is 148 Å². The molecule has 0 amide bonds. The number of furan rings is 1. The Morgan fingerprint density at radius 3 is 2.72 bits per heavy atom.